The third kappa shape index (κ3) is 1.94. The van der Waals surface area contributed by atoms with Gasteiger partial charge in [-0.15, -0.1) is 0 Å². The largest absolute Gasteiger partial charge is 0.396 e. The number of nitrogen functional groups attached to an aromatic ring is 1. The lowest BCUT2D eigenvalue weighted by Crippen LogP contribution is -2.46. The Kier molecular flexibility index (Phi) is 3.31. The second kappa shape index (κ2) is 4.31. The van der Waals surface area contributed by atoms with Crippen LogP contribution in [0.4, 0.5) is 0 Å². The predicted molar refractivity (Wildman–Crippen MR) is 56.2 cm³/mol. The molecule has 0 amide bonds. The first-order chi connectivity index (χ1) is 7.00. The van der Waals surface area contributed by atoms with Gasteiger partial charge in [0.15, 0.2) is 0 Å². The fourth-order valence-electron chi connectivity index (χ4n) is 1.52. The van der Waals surface area contributed by atoms with Crippen LogP contribution in [0.2, 0.25) is 0 Å². The maximum absolute atomic E-state index is 11.5. The van der Waals surface area contributed by atoms with Crippen molar-refractivity contribution in [3.05, 3.63) is 32.1 Å². The fourth-order valence-corrected chi connectivity index (χ4v) is 1.52. The Hall–Kier alpha value is -1.56. The van der Waals surface area contributed by atoms with Gasteiger partial charge in [0, 0.05) is 24.9 Å². The van der Waals surface area contributed by atoms with Crippen molar-refractivity contribution in [1.82, 2.24) is 9.24 Å². The highest BCUT2D eigenvalue weighted by Gasteiger charge is 2.11. The Morgan fingerprint density at radius 2 is 2.00 bits per heavy atom. The van der Waals surface area contributed by atoms with E-state index in [2.05, 4.69) is 0 Å². The van der Waals surface area contributed by atoms with Crippen LogP contribution in [-0.4, -0.2) is 21.0 Å². The van der Waals surface area contributed by atoms with Crippen LogP contribution in [0.1, 0.15) is 17.7 Å². The molecule has 15 heavy (non-hydrogen) atoms. The van der Waals surface area contributed by atoms with E-state index in [9.17, 15) is 9.59 Å². The molecule has 1 aromatic rings. The molecule has 6 heteroatoms. The number of nitrogens with two attached hydrogens (primary N) is 1. The topological polar surface area (TPSA) is 90.2 Å². The standard InChI is InChI=1S/C9H15N3O3/c1-6-7(4-3-5-13)11(2)9(15)12(10)8(6)14/h13H,3-5,10H2,1-2H3. The van der Waals surface area contributed by atoms with Crippen LogP contribution < -0.4 is 17.1 Å². The van der Waals surface area contributed by atoms with Gasteiger partial charge in [0.05, 0.1) is 0 Å². The molecule has 0 saturated heterocycles. The van der Waals surface area contributed by atoms with E-state index in [1.165, 1.54) is 4.57 Å². The molecule has 1 heterocycles. The number of rotatable bonds is 3. The second-order valence-electron chi connectivity index (χ2n) is 3.42. The predicted octanol–water partition coefficient (Wildman–Crippen LogP) is -1.51. The van der Waals surface area contributed by atoms with Gasteiger partial charge in [-0.1, -0.05) is 0 Å². The minimum atomic E-state index is -0.543. The summed E-state index contributed by atoms with van der Waals surface area (Å²) < 4.78 is 1.93. The van der Waals surface area contributed by atoms with Gasteiger partial charge in [0.1, 0.15) is 0 Å². The van der Waals surface area contributed by atoms with Gasteiger partial charge in [0.25, 0.3) is 5.56 Å². The van der Waals surface area contributed by atoms with Crippen LogP contribution in [0, 0.1) is 6.92 Å². The molecular formula is C9H15N3O3. The molecule has 1 rings (SSSR count). The molecule has 0 spiro atoms. The lowest BCUT2D eigenvalue weighted by Gasteiger charge is -2.11. The summed E-state index contributed by atoms with van der Waals surface area (Å²) in [5.41, 5.74) is 0.0541. The third-order valence-electron chi connectivity index (χ3n) is 2.44. The Morgan fingerprint density at radius 3 is 2.53 bits per heavy atom. The molecule has 3 N–H and O–H groups in total. The van der Waals surface area contributed by atoms with Crippen LogP contribution in [-0.2, 0) is 13.5 Å². The summed E-state index contributed by atoms with van der Waals surface area (Å²) in [5.74, 6) is 5.30. The first-order valence-corrected chi connectivity index (χ1v) is 4.68. The zero-order valence-electron chi connectivity index (χ0n) is 8.86. The summed E-state index contributed by atoms with van der Waals surface area (Å²) >= 11 is 0. The van der Waals surface area contributed by atoms with E-state index >= 15 is 0 Å². The minimum absolute atomic E-state index is 0.0271. The van der Waals surface area contributed by atoms with Crippen molar-refractivity contribution in [2.75, 3.05) is 12.4 Å². The Balaban J connectivity index is 3.39. The number of hydrogen-bond acceptors (Lipinski definition) is 4. The zero-order chi connectivity index (χ0) is 11.6. The number of aliphatic hydroxyl groups is 1. The maximum Gasteiger partial charge on any atom is 0.349 e. The van der Waals surface area contributed by atoms with Crippen molar-refractivity contribution >= 4 is 0 Å². The molecule has 0 aliphatic heterocycles. The normalized spacial score (nSPS) is 10.6. The van der Waals surface area contributed by atoms with Crippen LogP contribution in [0.25, 0.3) is 0 Å². The molecule has 0 saturated carbocycles. The number of aromatic nitrogens is 2. The van der Waals surface area contributed by atoms with E-state index in [4.69, 9.17) is 10.9 Å². The summed E-state index contributed by atoms with van der Waals surface area (Å²) in [6.07, 6.45) is 1.01. The molecule has 0 aliphatic rings. The lowest BCUT2D eigenvalue weighted by molar-refractivity contribution is 0.287. The van der Waals surface area contributed by atoms with Gasteiger partial charge in [-0.05, 0) is 19.8 Å². The van der Waals surface area contributed by atoms with E-state index in [0.29, 0.717) is 28.8 Å². The summed E-state index contributed by atoms with van der Waals surface area (Å²) in [5, 5.41) is 8.71. The second-order valence-corrected chi connectivity index (χ2v) is 3.42. The van der Waals surface area contributed by atoms with E-state index in [0.717, 1.165) is 0 Å². The Labute approximate surface area is 86.5 Å². The minimum Gasteiger partial charge on any atom is -0.396 e. The fraction of sp³-hybridized carbons (Fsp3) is 0.556. The highest BCUT2D eigenvalue weighted by molar-refractivity contribution is 5.16. The average molecular weight is 213 g/mol. The molecule has 1 aromatic heterocycles. The maximum atomic E-state index is 11.5. The first-order valence-electron chi connectivity index (χ1n) is 4.68. The number of aliphatic hydroxyl groups excluding tert-OH is 1. The van der Waals surface area contributed by atoms with Crippen molar-refractivity contribution in [3.63, 3.8) is 0 Å². The smallest absolute Gasteiger partial charge is 0.349 e. The van der Waals surface area contributed by atoms with Crippen molar-refractivity contribution in [3.8, 4) is 0 Å². The van der Waals surface area contributed by atoms with E-state index in [1.54, 1.807) is 14.0 Å². The number of nitrogens with zero attached hydrogens (tertiary/aromatic N) is 2. The molecule has 0 aliphatic carbocycles. The van der Waals surface area contributed by atoms with Gasteiger partial charge < -0.3 is 10.9 Å². The molecule has 0 atom stereocenters. The molecule has 0 fully saturated rings. The van der Waals surface area contributed by atoms with Crippen molar-refractivity contribution in [1.29, 1.82) is 0 Å². The lowest BCUT2D eigenvalue weighted by atomic mass is 10.1. The molecule has 0 unspecified atom stereocenters. The van der Waals surface area contributed by atoms with Gasteiger partial charge in [-0.2, -0.15) is 4.68 Å². The SMILES string of the molecule is Cc1c(CCCO)n(C)c(=O)n(N)c1=O. The average Bonchev–Trinajstić information content (AvgIpc) is 2.24. The molecule has 84 valence electrons. The molecular weight excluding hydrogens is 198 g/mol. The summed E-state index contributed by atoms with van der Waals surface area (Å²) in [4.78, 5) is 23.0. The van der Waals surface area contributed by atoms with Crippen molar-refractivity contribution < 1.29 is 5.11 Å². The Morgan fingerprint density at radius 1 is 1.40 bits per heavy atom. The van der Waals surface area contributed by atoms with Gasteiger partial charge in [-0.3, -0.25) is 9.36 Å². The van der Waals surface area contributed by atoms with E-state index in [1.807, 2.05) is 0 Å². The van der Waals surface area contributed by atoms with Crippen LogP contribution in [0.5, 0.6) is 0 Å². The quantitative estimate of drug-likeness (QED) is 0.597. The Bertz CT molecular complexity index is 435. The monoisotopic (exact) mass is 213 g/mol. The summed E-state index contributed by atoms with van der Waals surface area (Å²) in [7, 11) is 1.56. The third-order valence-corrected chi connectivity index (χ3v) is 2.44. The van der Waals surface area contributed by atoms with Crippen molar-refractivity contribution in [2.24, 2.45) is 7.05 Å². The molecule has 0 aromatic carbocycles. The summed E-state index contributed by atoms with van der Waals surface area (Å²) in [6.45, 7) is 1.65. The highest BCUT2D eigenvalue weighted by atomic mass is 16.3. The zero-order valence-corrected chi connectivity index (χ0v) is 8.86. The molecule has 6 nitrogen and oxygen atoms in total. The first kappa shape index (κ1) is 11.5. The van der Waals surface area contributed by atoms with Crippen LogP contribution in [0.3, 0.4) is 0 Å². The van der Waals surface area contributed by atoms with Gasteiger partial charge >= 0.3 is 5.69 Å². The number of hydrogen-bond donors (Lipinski definition) is 2. The molecule has 0 bridgehead atoms. The van der Waals surface area contributed by atoms with E-state index in [-0.39, 0.29) is 6.61 Å². The van der Waals surface area contributed by atoms with Crippen molar-refractivity contribution in [2.45, 2.75) is 19.8 Å². The molecule has 0 radical (unpaired) electrons. The van der Waals surface area contributed by atoms with E-state index < -0.39 is 11.2 Å². The highest BCUT2D eigenvalue weighted by Crippen LogP contribution is 2.02. The van der Waals surface area contributed by atoms with Crippen LogP contribution in [0.15, 0.2) is 9.59 Å². The summed E-state index contributed by atoms with van der Waals surface area (Å²) in [6, 6.07) is 0. The van der Waals surface area contributed by atoms with Crippen LogP contribution >= 0.6 is 0 Å². The van der Waals surface area contributed by atoms with Gasteiger partial charge in [0.2, 0.25) is 0 Å². The van der Waals surface area contributed by atoms with Gasteiger partial charge in [-0.25, -0.2) is 4.79 Å².